The smallest absolute Gasteiger partial charge is 0.232 e. The monoisotopic (exact) mass is 339 g/mol. The van der Waals surface area contributed by atoms with Crippen molar-refractivity contribution in [3.05, 3.63) is 35.9 Å². The van der Waals surface area contributed by atoms with Gasteiger partial charge in [0.15, 0.2) is 0 Å². The Labute approximate surface area is 152 Å². The Morgan fingerprint density at radius 1 is 0.800 bits per heavy atom. The number of hydrogen-bond donors (Lipinski definition) is 0. The summed E-state index contributed by atoms with van der Waals surface area (Å²) in [6, 6.07) is 4.46. The standard InChI is InChI=1S/C20H32BN4/c1-15(2)19-11-13-24(22-19)21(25-14-12-20(23-25)16(3)4)17-7-5-8-18(21)10-6-9-17/h11-18H,5-10H2,1-4H3/q-1. The lowest BCUT2D eigenvalue weighted by molar-refractivity contribution is 0.401. The second-order valence-electron chi connectivity index (χ2n) is 9.04. The number of nitrogens with zero attached hydrogens (tertiary/aromatic N) is 4. The van der Waals surface area contributed by atoms with Crippen molar-refractivity contribution in [1.29, 1.82) is 0 Å². The maximum Gasteiger partial charge on any atom is 0.232 e. The van der Waals surface area contributed by atoms with Crippen molar-refractivity contribution >= 4 is 6.42 Å². The molecule has 2 aliphatic rings. The van der Waals surface area contributed by atoms with E-state index in [9.17, 15) is 0 Å². The third-order valence-electron chi connectivity index (χ3n) is 6.98. The lowest BCUT2D eigenvalue weighted by Crippen LogP contribution is -2.62. The molecule has 2 aromatic heterocycles. The van der Waals surface area contributed by atoms with Crippen LogP contribution in [0.1, 0.15) is 89.4 Å². The summed E-state index contributed by atoms with van der Waals surface area (Å²) < 4.78 is 4.72. The molecule has 0 aliphatic carbocycles. The first-order valence-electron chi connectivity index (χ1n) is 10.3. The normalized spacial score (nSPS) is 25.7. The zero-order chi connectivity index (χ0) is 17.6. The third kappa shape index (κ3) is 2.58. The molecule has 2 fully saturated rings. The molecule has 0 spiro atoms. The fourth-order valence-corrected chi connectivity index (χ4v) is 5.71. The highest BCUT2D eigenvalue weighted by Gasteiger charge is 2.49. The molecule has 0 N–H and O–H groups in total. The zero-order valence-corrected chi connectivity index (χ0v) is 16.2. The first-order valence-corrected chi connectivity index (χ1v) is 10.3. The Morgan fingerprint density at radius 3 is 1.52 bits per heavy atom. The minimum Gasteiger partial charge on any atom is -0.422 e. The van der Waals surface area contributed by atoms with Crippen LogP contribution in [0.25, 0.3) is 0 Å². The van der Waals surface area contributed by atoms with Gasteiger partial charge >= 0.3 is 0 Å². The van der Waals surface area contributed by atoms with Crippen LogP contribution in [0.3, 0.4) is 0 Å². The van der Waals surface area contributed by atoms with Crippen molar-refractivity contribution < 1.29 is 0 Å². The largest absolute Gasteiger partial charge is 0.422 e. The van der Waals surface area contributed by atoms with Crippen LogP contribution in [0.2, 0.25) is 11.6 Å². The average molecular weight is 339 g/mol. The number of aromatic nitrogens is 4. The molecule has 4 rings (SSSR count). The van der Waals surface area contributed by atoms with Crippen LogP contribution in [0, 0.1) is 0 Å². The van der Waals surface area contributed by atoms with Crippen LogP contribution in [-0.2, 0) is 0 Å². The Bertz CT molecular complexity index is 659. The van der Waals surface area contributed by atoms with Crippen LogP contribution in [0.4, 0.5) is 0 Å². The molecule has 0 amide bonds. The Balaban J connectivity index is 1.87. The van der Waals surface area contributed by atoms with E-state index in [0.29, 0.717) is 23.5 Å². The Hall–Kier alpha value is -1.52. The predicted octanol–water partition coefficient (Wildman–Crippen LogP) is 5.27. The zero-order valence-electron chi connectivity index (χ0n) is 16.2. The van der Waals surface area contributed by atoms with Gasteiger partial charge in [-0.05, 0) is 36.4 Å². The molecule has 2 aromatic rings. The number of rotatable bonds is 4. The number of hydrogen-bond acceptors (Lipinski definition) is 2. The predicted molar refractivity (Wildman–Crippen MR) is 104 cm³/mol. The lowest BCUT2D eigenvalue weighted by atomic mass is 9.24. The maximum atomic E-state index is 5.10. The number of fused-ring (bicyclic) bond motifs is 2. The van der Waals surface area contributed by atoms with E-state index in [1.165, 1.54) is 49.9 Å². The van der Waals surface area contributed by atoms with Crippen molar-refractivity contribution in [2.45, 2.75) is 89.7 Å². The summed E-state index contributed by atoms with van der Waals surface area (Å²) in [4.78, 5) is 0. The molecule has 2 aliphatic heterocycles. The average Bonchev–Trinajstić information content (AvgIpc) is 3.24. The van der Waals surface area contributed by atoms with Gasteiger partial charge in [0.2, 0.25) is 6.42 Å². The van der Waals surface area contributed by atoms with Gasteiger partial charge in [-0.2, -0.15) is 0 Å². The lowest BCUT2D eigenvalue weighted by Gasteiger charge is -2.58. The molecule has 4 heterocycles. The van der Waals surface area contributed by atoms with Gasteiger partial charge in [0, 0.05) is 0 Å². The Morgan fingerprint density at radius 2 is 1.20 bits per heavy atom. The molecule has 25 heavy (non-hydrogen) atoms. The van der Waals surface area contributed by atoms with Crippen LogP contribution in [-0.4, -0.2) is 25.8 Å². The highest BCUT2D eigenvalue weighted by atomic mass is 15.4. The van der Waals surface area contributed by atoms with Crippen molar-refractivity contribution in [3.63, 3.8) is 0 Å². The molecule has 136 valence electrons. The van der Waals surface area contributed by atoms with E-state index in [2.05, 4.69) is 61.4 Å². The SMILES string of the molecule is CC(C)c1ccn([B-]2(n3ccc(C(C)C)n3)C3CCCC2CCC3)n1. The highest BCUT2D eigenvalue weighted by molar-refractivity contribution is 6.79. The summed E-state index contributed by atoms with van der Waals surface area (Å²) in [5.74, 6) is 2.35. The van der Waals surface area contributed by atoms with E-state index in [1.54, 1.807) is 0 Å². The van der Waals surface area contributed by atoms with Gasteiger partial charge in [-0.3, -0.25) is 0 Å². The fourth-order valence-electron chi connectivity index (χ4n) is 5.71. The third-order valence-corrected chi connectivity index (χ3v) is 6.98. The van der Waals surface area contributed by atoms with Gasteiger partial charge in [-0.1, -0.05) is 66.2 Å². The second kappa shape index (κ2) is 6.33. The summed E-state index contributed by atoms with van der Waals surface area (Å²) >= 11 is 0. The van der Waals surface area contributed by atoms with Gasteiger partial charge in [-0.25, -0.2) is 10.2 Å². The molecular formula is C20H32BN4-. The summed E-state index contributed by atoms with van der Waals surface area (Å²) in [5.41, 5.74) is 2.42. The fraction of sp³-hybridized carbons (Fsp3) is 0.700. The summed E-state index contributed by atoms with van der Waals surface area (Å²) in [6.07, 6.45) is 11.6. The summed E-state index contributed by atoms with van der Waals surface area (Å²) in [5, 5.41) is 10.2. The molecule has 5 heteroatoms. The van der Waals surface area contributed by atoms with E-state index in [0.717, 1.165) is 0 Å². The van der Waals surface area contributed by atoms with Crippen molar-refractivity contribution in [3.8, 4) is 0 Å². The maximum absolute atomic E-state index is 5.10. The minimum absolute atomic E-state index is 0.473. The molecule has 0 unspecified atom stereocenters. The quantitative estimate of drug-likeness (QED) is 0.711. The van der Waals surface area contributed by atoms with Crippen molar-refractivity contribution in [2.24, 2.45) is 0 Å². The van der Waals surface area contributed by atoms with E-state index in [-0.39, 0.29) is 0 Å². The molecule has 0 saturated carbocycles. The first-order chi connectivity index (χ1) is 12.0. The van der Waals surface area contributed by atoms with Gasteiger partial charge in [0.05, 0.1) is 11.4 Å². The van der Waals surface area contributed by atoms with E-state index in [1.807, 2.05) is 0 Å². The summed E-state index contributed by atoms with van der Waals surface area (Å²) in [7, 11) is 0. The molecule has 2 saturated heterocycles. The van der Waals surface area contributed by atoms with Crippen LogP contribution in [0.5, 0.6) is 0 Å². The van der Waals surface area contributed by atoms with Crippen molar-refractivity contribution in [2.75, 3.05) is 0 Å². The van der Waals surface area contributed by atoms with Gasteiger partial charge in [-0.15, -0.1) is 11.6 Å². The van der Waals surface area contributed by atoms with Crippen LogP contribution >= 0.6 is 0 Å². The molecule has 0 atom stereocenters. The molecule has 4 nitrogen and oxygen atoms in total. The molecule has 2 bridgehead atoms. The van der Waals surface area contributed by atoms with E-state index < -0.39 is 6.42 Å². The molecule has 0 radical (unpaired) electrons. The van der Waals surface area contributed by atoms with Gasteiger partial charge in [0.1, 0.15) is 0 Å². The Kier molecular flexibility index (Phi) is 4.29. The van der Waals surface area contributed by atoms with Crippen molar-refractivity contribution in [1.82, 2.24) is 19.4 Å². The van der Waals surface area contributed by atoms with Crippen LogP contribution < -0.4 is 0 Å². The van der Waals surface area contributed by atoms with Crippen LogP contribution in [0.15, 0.2) is 24.5 Å². The highest BCUT2D eigenvalue weighted by Crippen LogP contribution is 2.53. The van der Waals surface area contributed by atoms with Gasteiger partial charge in [0.25, 0.3) is 0 Å². The first kappa shape index (κ1) is 16.9. The van der Waals surface area contributed by atoms with Gasteiger partial charge < -0.3 is 9.19 Å². The summed E-state index contributed by atoms with van der Waals surface area (Å²) in [6.45, 7) is 8.94. The molecular weight excluding hydrogens is 307 g/mol. The van der Waals surface area contributed by atoms with E-state index in [4.69, 9.17) is 10.2 Å². The minimum atomic E-state index is -0.964. The second-order valence-corrected chi connectivity index (χ2v) is 9.04. The topological polar surface area (TPSA) is 35.6 Å². The van der Waals surface area contributed by atoms with E-state index >= 15 is 0 Å². The molecule has 0 aromatic carbocycles.